The van der Waals surface area contributed by atoms with E-state index in [4.69, 9.17) is 0 Å². The number of hydrogen-bond donors (Lipinski definition) is 1. The number of carbonyl (C=O) groups is 3. The number of imide groups is 1. The van der Waals surface area contributed by atoms with Crippen molar-refractivity contribution in [2.75, 3.05) is 13.1 Å². The molecule has 0 aliphatic carbocycles. The van der Waals surface area contributed by atoms with E-state index >= 15 is 0 Å². The molecule has 3 aromatic rings. The zero-order valence-electron chi connectivity index (χ0n) is 20.4. The van der Waals surface area contributed by atoms with Crippen LogP contribution in [0.2, 0.25) is 0 Å². The third-order valence-electron chi connectivity index (χ3n) is 7.58. The minimum absolute atomic E-state index is 0.160. The molecule has 184 valence electrons. The molecule has 1 N–H and O–H groups in total. The van der Waals surface area contributed by atoms with E-state index in [1.165, 1.54) is 18.4 Å². The average molecular weight is 484 g/mol. The number of aromatic nitrogens is 2. The van der Waals surface area contributed by atoms with Crippen LogP contribution < -0.4 is 5.32 Å². The van der Waals surface area contributed by atoms with Crippen molar-refractivity contribution in [1.82, 2.24) is 24.9 Å². The van der Waals surface area contributed by atoms with Crippen molar-refractivity contribution in [3.05, 3.63) is 65.4 Å². The minimum Gasteiger partial charge on any atom is -0.322 e. The van der Waals surface area contributed by atoms with Crippen LogP contribution in [0.4, 0.5) is 0 Å². The summed E-state index contributed by atoms with van der Waals surface area (Å²) >= 11 is 0. The molecule has 0 radical (unpaired) electrons. The number of nitrogens with one attached hydrogen (secondary N) is 1. The SMILES string of the molecule is Cn1ncc(-c2ccc3c(c2)CN(C2CCC(=O)NC2=O)C3=O)c1-c1cccc(CN2CCCC2)c1. The molecule has 6 rings (SSSR count). The summed E-state index contributed by atoms with van der Waals surface area (Å²) in [5, 5.41) is 6.92. The first-order chi connectivity index (χ1) is 17.5. The van der Waals surface area contributed by atoms with Crippen LogP contribution in [0.3, 0.4) is 0 Å². The Labute approximate surface area is 209 Å². The smallest absolute Gasteiger partial charge is 0.255 e. The third kappa shape index (κ3) is 4.01. The summed E-state index contributed by atoms with van der Waals surface area (Å²) in [5.41, 5.74) is 6.93. The van der Waals surface area contributed by atoms with Crippen LogP contribution in [-0.4, -0.2) is 56.4 Å². The summed E-state index contributed by atoms with van der Waals surface area (Å²) in [6.45, 7) is 3.63. The summed E-state index contributed by atoms with van der Waals surface area (Å²) in [5.74, 6) is -0.834. The number of fused-ring (bicyclic) bond motifs is 1. The van der Waals surface area contributed by atoms with E-state index in [0.717, 1.165) is 47.6 Å². The fourth-order valence-electron chi connectivity index (χ4n) is 5.75. The van der Waals surface area contributed by atoms with Gasteiger partial charge in [-0.05, 0) is 67.2 Å². The second kappa shape index (κ2) is 9.02. The van der Waals surface area contributed by atoms with Gasteiger partial charge in [-0.15, -0.1) is 0 Å². The van der Waals surface area contributed by atoms with Gasteiger partial charge in [-0.25, -0.2) is 0 Å². The van der Waals surface area contributed by atoms with Crippen LogP contribution in [0.1, 0.15) is 47.2 Å². The Kier molecular flexibility index (Phi) is 5.68. The molecule has 4 heterocycles. The van der Waals surface area contributed by atoms with E-state index in [0.29, 0.717) is 18.5 Å². The topological polar surface area (TPSA) is 87.5 Å². The standard InChI is InChI=1S/C28H29N5O3/c1-31-26(20-6-4-5-18(13-20)16-32-11-2-3-12-32)23(15-29-31)19-7-8-22-21(14-19)17-33(28(22)36)24-9-10-25(34)30-27(24)35/h4-8,13-15,24H,2-3,9-12,16-17H2,1H3,(H,30,34,35). The first-order valence-corrected chi connectivity index (χ1v) is 12.6. The molecule has 0 spiro atoms. The average Bonchev–Trinajstić information content (AvgIpc) is 3.59. The molecular weight excluding hydrogens is 454 g/mol. The van der Waals surface area contributed by atoms with Crippen LogP contribution in [0.25, 0.3) is 22.4 Å². The number of carbonyl (C=O) groups excluding carboxylic acids is 3. The van der Waals surface area contributed by atoms with Crippen LogP contribution in [0, 0.1) is 0 Å². The van der Waals surface area contributed by atoms with Crippen LogP contribution in [0.5, 0.6) is 0 Å². The maximum absolute atomic E-state index is 13.1. The summed E-state index contributed by atoms with van der Waals surface area (Å²) in [6.07, 6.45) is 5.02. The molecule has 2 saturated heterocycles. The van der Waals surface area contributed by atoms with Crippen molar-refractivity contribution in [3.63, 3.8) is 0 Å². The van der Waals surface area contributed by atoms with Gasteiger partial charge < -0.3 is 4.90 Å². The number of amides is 3. The second-order valence-corrected chi connectivity index (χ2v) is 9.99. The third-order valence-corrected chi connectivity index (χ3v) is 7.58. The van der Waals surface area contributed by atoms with E-state index in [1.807, 2.05) is 36.1 Å². The molecule has 3 amide bonds. The Morgan fingerprint density at radius 1 is 1.00 bits per heavy atom. The highest BCUT2D eigenvalue weighted by Gasteiger charge is 2.39. The van der Waals surface area contributed by atoms with Gasteiger partial charge in [-0.2, -0.15) is 5.10 Å². The van der Waals surface area contributed by atoms with Gasteiger partial charge in [0.05, 0.1) is 11.9 Å². The number of rotatable bonds is 5. The number of aryl methyl sites for hydroxylation is 1. The molecule has 2 aromatic carbocycles. The van der Waals surface area contributed by atoms with Crippen molar-refractivity contribution in [3.8, 4) is 22.4 Å². The molecule has 3 aliphatic heterocycles. The molecule has 1 unspecified atom stereocenters. The van der Waals surface area contributed by atoms with Gasteiger partial charge in [0.25, 0.3) is 5.91 Å². The predicted molar refractivity (Wildman–Crippen MR) is 135 cm³/mol. The lowest BCUT2D eigenvalue weighted by Crippen LogP contribution is -2.52. The number of hydrogen-bond acceptors (Lipinski definition) is 5. The Balaban J connectivity index is 1.29. The quantitative estimate of drug-likeness (QED) is 0.564. The van der Waals surface area contributed by atoms with E-state index < -0.39 is 11.9 Å². The highest BCUT2D eigenvalue weighted by molar-refractivity contribution is 6.05. The van der Waals surface area contributed by atoms with E-state index in [1.54, 1.807) is 4.90 Å². The van der Waals surface area contributed by atoms with Crippen LogP contribution in [-0.2, 0) is 29.7 Å². The molecule has 1 atom stereocenters. The van der Waals surface area contributed by atoms with E-state index in [9.17, 15) is 14.4 Å². The van der Waals surface area contributed by atoms with E-state index in [-0.39, 0.29) is 18.2 Å². The molecule has 36 heavy (non-hydrogen) atoms. The van der Waals surface area contributed by atoms with Crippen molar-refractivity contribution in [1.29, 1.82) is 0 Å². The van der Waals surface area contributed by atoms with Crippen LogP contribution >= 0.6 is 0 Å². The Morgan fingerprint density at radius 3 is 2.64 bits per heavy atom. The molecule has 1 aromatic heterocycles. The molecule has 2 fully saturated rings. The van der Waals surface area contributed by atoms with Crippen molar-refractivity contribution < 1.29 is 14.4 Å². The van der Waals surface area contributed by atoms with Gasteiger partial charge in [-0.3, -0.25) is 29.3 Å². The van der Waals surface area contributed by atoms with Crippen molar-refractivity contribution in [2.24, 2.45) is 7.05 Å². The normalized spacial score (nSPS) is 20.2. The molecule has 0 bridgehead atoms. The molecule has 0 saturated carbocycles. The summed E-state index contributed by atoms with van der Waals surface area (Å²) in [6, 6.07) is 13.9. The summed E-state index contributed by atoms with van der Waals surface area (Å²) < 4.78 is 1.90. The fraction of sp³-hybridized carbons (Fsp3) is 0.357. The monoisotopic (exact) mass is 483 g/mol. The van der Waals surface area contributed by atoms with Gasteiger partial charge in [-0.1, -0.05) is 24.3 Å². The minimum atomic E-state index is -0.613. The number of likely N-dealkylation sites (tertiary alicyclic amines) is 1. The van der Waals surface area contributed by atoms with Gasteiger partial charge in [0, 0.05) is 43.2 Å². The Morgan fingerprint density at radius 2 is 1.83 bits per heavy atom. The molecular formula is C28H29N5O3. The maximum atomic E-state index is 13.1. The number of benzene rings is 2. The van der Waals surface area contributed by atoms with Crippen LogP contribution in [0.15, 0.2) is 48.7 Å². The Hall–Kier alpha value is -3.78. The summed E-state index contributed by atoms with van der Waals surface area (Å²) in [4.78, 5) is 41.1. The highest BCUT2D eigenvalue weighted by atomic mass is 16.2. The molecule has 8 heteroatoms. The fourth-order valence-corrected chi connectivity index (χ4v) is 5.75. The largest absolute Gasteiger partial charge is 0.322 e. The lowest BCUT2D eigenvalue weighted by atomic mass is 9.97. The number of nitrogens with zero attached hydrogens (tertiary/aromatic N) is 4. The van der Waals surface area contributed by atoms with Gasteiger partial charge in [0.15, 0.2) is 0 Å². The first kappa shape index (κ1) is 22.7. The predicted octanol–water partition coefficient (Wildman–Crippen LogP) is 3.11. The zero-order chi connectivity index (χ0) is 24.8. The Bertz CT molecular complexity index is 1370. The maximum Gasteiger partial charge on any atom is 0.255 e. The lowest BCUT2D eigenvalue weighted by molar-refractivity contribution is -0.136. The van der Waals surface area contributed by atoms with Gasteiger partial charge >= 0.3 is 0 Å². The van der Waals surface area contributed by atoms with Gasteiger partial charge in [0.1, 0.15) is 6.04 Å². The lowest BCUT2D eigenvalue weighted by Gasteiger charge is -2.29. The number of piperidine rings is 1. The zero-order valence-corrected chi connectivity index (χ0v) is 20.4. The van der Waals surface area contributed by atoms with E-state index in [2.05, 4.69) is 39.6 Å². The molecule has 8 nitrogen and oxygen atoms in total. The van der Waals surface area contributed by atoms with Crippen molar-refractivity contribution in [2.45, 2.75) is 44.8 Å². The van der Waals surface area contributed by atoms with Crippen molar-refractivity contribution >= 4 is 17.7 Å². The van der Waals surface area contributed by atoms with Gasteiger partial charge in [0.2, 0.25) is 11.8 Å². The molecule has 3 aliphatic rings. The summed E-state index contributed by atoms with van der Waals surface area (Å²) in [7, 11) is 1.95. The highest BCUT2D eigenvalue weighted by Crippen LogP contribution is 2.36. The first-order valence-electron chi connectivity index (χ1n) is 12.6. The second-order valence-electron chi connectivity index (χ2n) is 9.99.